The molecule has 15 heavy (non-hydrogen) atoms. The highest BCUT2D eigenvalue weighted by atomic mass is 32.2. The molecule has 2 aliphatic rings. The Hall–Kier alpha value is -0.670. The predicted octanol–water partition coefficient (Wildman–Crippen LogP) is 2.28. The Balaban J connectivity index is 2.03. The lowest BCUT2D eigenvalue weighted by molar-refractivity contribution is 0.440. The first-order chi connectivity index (χ1) is 7.40. The highest BCUT2D eigenvalue weighted by molar-refractivity contribution is 7.98. The van der Waals surface area contributed by atoms with Crippen LogP contribution in [0.1, 0.15) is 17.9 Å². The van der Waals surface area contributed by atoms with Gasteiger partial charge in [-0.3, -0.25) is 0 Å². The molecule has 0 amide bonds. The number of nitrogens with one attached hydrogen (secondary N) is 2. The molecule has 0 unspecified atom stereocenters. The number of para-hydroxylation sites is 1. The summed E-state index contributed by atoms with van der Waals surface area (Å²) < 4.78 is 0. The molecule has 1 fully saturated rings. The van der Waals surface area contributed by atoms with E-state index in [0.717, 1.165) is 13.1 Å². The first kappa shape index (κ1) is 9.55. The van der Waals surface area contributed by atoms with Gasteiger partial charge in [-0.2, -0.15) is 0 Å². The lowest BCUT2D eigenvalue weighted by atomic mass is 9.91. The summed E-state index contributed by atoms with van der Waals surface area (Å²) in [7, 11) is 0. The third-order valence-corrected chi connectivity index (χ3v) is 4.27. The quantitative estimate of drug-likeness (QED) is 0.710. The normalized spacial score (nSPS) is 28.1. The third kappa shape index (κ3) is 1.45. The molecule has 2 N–H and O–H groups in total. The smallest absolute Gasteiger partial charge is 0.0517 e. The van der Waals surface area contributed by atoms with E-state index >= 15 is 0 Å². The van der Waals surface area contributed by atoms with Gasteiger partial charge >= 0.3 is 0 Å². The molecule has 3 heteroatoms. The second-order valence-electron chi connectivity index (χ2n) is 4.27. The zero-order chi connectivity index (χ0) is 10.3. The van der Waals surface area contributed by atoms with Crippen molar-refractivity contribution in [3.05, 3.63) is 23.8 Å². The zero-order valence-electron chi connectivity index (χ0n) is 8.92. The van der Waals surface area contributed by atoms with Crippen LogP contribution >= 0.6 is 11.8 Å². The average Bonchev–Trinajstić information content (AvgIpc) is 2.67. The summed E-state index contributed by atoms with van der Waals surface area (Å²) in [5.74, 6) is 0.681. The molecule has 3 rings (SSSR count). The maximum atomic E-state index is 3.70. The number of benzene rings is 1. The summed E-state index contributed by atoms with van der Waals surface area (Å²) in [6.45, 7) is 2.28. The highest BCUT2D eigenvalue weighted by Gasteiger charge is 2.34. The van der Waals surface area contributed by atoms with E-state index in [-0.39, 0.29) is 0 Å². The van der Waals surface area contributed by atoms with Gasteiger partial charge in [0.25, 0.3) is 0 Å². The molecule has 80 valence electrons. The van der Waals surface area contributed by atoms with E-state index in [1.54, 1.807) is 0 Å². The first-order valence-electron chi connectivity index (χ1n) is 5.54. The Kier molecular flexibility index (Phi) is 2.37. The molecule has 0 aliphatic carbocycles. The van der Waals surface area contributed by atoms with Crippen LogP contribution in [0.3, 0.4) is 0 Å². The van der Waals surface area contributed by atoms with Gasteiger partial charge in [-0.1, -0.05) is 12.1 Å². The standard InChI is InChI=1S/C12H16N2S/c1-15-11-4-2-3-8-9-7-13-6-5-10(9)14-12(8)11/h2-4,9-10,13-14H,5-7H2,1H3/t9-,10-/m0/s1. The van der Waals surface area contributed by atoms with Gasteiger partial charge in [-0.25, -0.2) is 0 Å². The number of hydrogen-bond donors (Lipinski definition) is 2. The molecule has 2 aliphatic heterocycles. The summed E-state index contributed by atoms with van der Waals surface area (Å²) >= 11 is 1.84. The van der Waals surface area contributed by atoms with Crippen molar-refractivity contribution < 1.29 is 0 Å². The Morgan fingerprint density at radius 3 is 3.20 bits per heavy atom. The molecular formula is C12H16N2S. The molecule has 0 saturated carbocycles. The van der Waals surface area contributed by atoms with E-state index in [0.29, 0.717) is 12.0 Å². The van der Waals surface area contributed by atoms with Crippen molar-refractivity contribution in [2.75, 3.05) is 24.7 Å². The minimum Gasteiger partial charge on any atom is -0.380 e. The fourth-order valence-electron chi connectivity index (χ4n) is 2.73. The average molecular weight is 220 g/mol. The SMILES string of the molecule is CSc1cccc2c1N[C@H]1CCNC[C@@H]21. The van der Waals surface area contributed by atoms with Crippen LogP contribution in [-0.2, 0) is 0 Å². The van der Waals surface area contributed by atoms with Crippen molar-refractivity contribution >= 4 is 17.4 Å². The topological polar surface area (TPSA) is 24.1 Å². The number of thioether (sulfide) groups is 1. The summed E-state index contributed by atoms with van der Waals surface area (Å²) in [6, 6.07) is 7.33. The van der Waals surface area contributed by atoms with E-state index in [1.165, 1.54) is 22.6 Å². The van der Waals surface area contributed by atoms with Crippen molar-refractivity contribution in [3.8, 4) is 0 Å². The molecule has 0 aromatic heterocycles. The minimum atomic E-state index is 0.662. The van der Waals surface area contributed by atoms with Crippen molar-refractivity contribution in [3.63, 3.8) is 0 Å². The van der Waals surface area contributed by atoms with E-state index in [2.05, 4.69) is 35.1 Å². The van der Waals surface area contributed by atoms with Crippen molar-refractivity contribution in [1.29, 1.82) is 0 Å². The monoisotopic (exact) mass is 220 g/mol. The molecule has 2 heterocycles. The highest BCUT2D eigenvalue weighted by Crippen LogP contribution is 2.42. The van der Waals surface area contributed by atoms with Crippen LogP contribution in [0.5, 0.6) is 0 Å². The Morgan fingerprint density at radius 1 is 1.40 bits per heavy atom. The number of rotatable bonds is 1. The maximum absolute atomic E-state index is 3.70. The Bertz CT molecular complexity index is 378. The van der Waals surface area contributed by atoms with Crippen LogP contribution in [-0.4, -0.2) is 25.4 Å². The Morgan fingerprint density at radius 2 is 2.33 bits per heavy atom. The molecule has 0 bridgehead atoms. The zero-order valence-corrected chi connectivity index (χ0v) is 9.73. The summed E-state index contributed by atoms with van der Waals surface area (Å²) in [6.07, 6.45) is 3.39. The molecule has 1 saturated heterocycles. The lowest BCUT2D eigenvalue weighted by Gasteiger charge is -2.26. The van der Waals surface area contributed by atoms with E-state index < -0.39 is 0 Å². The number of anilines is 1. The summed E-state index contributed by atoms with van der Waals surface area (Å²) in [4.78, 5) is 1.39. The Labute approximate surface area is 94.8 Å². The summed E-state index contributed by atoms with van der Waals surface area (Å²) in [5.41, 5.74) is 2.91. The molecule has 2 atom stereocenters. The predicted molar refractivity (Wildman–Crippen MR) is 65.9 cm³/mol. The largest absolute Gasteiger partial charge is 0.380 e. The van der Waals surface area contributed by atoms with E-state index in [9.17, 15) is 0 Å². The molecule has 0 radical (unpaired) electrons. The van der Waals surface area contributed by atoms with Gasteiger partial charge < -0.3 is 10.6 Å². The van der Waals surface area contributed by atoms with Gasteiger partial charge in [-0.05, 0) is 30.9 Å². The van der Waals surface area contributed by atoms with Crippen LogP contribution in [0.4, 0.5) is 5.69 Å². The van der Waals surface area contributed by atoms with Gasteiger partial charge in [-0.15, -0.1) is 11.8 Å². The van der Waals surface area contributed by atoms with E-state index in [1.807, 2.05) is 11.8 Å². The molecule has 2 nitrogen and oxygen atoms in total. The van der Waals surface area contributed by atoms with Crippen LogP contribution < -0.4 is 10.6 Å². The number of hydrogen-bond acceptors (Lipinski definition) is 3. The second kappa shape index (κ2) is 3.72. The maximum Gasteiger partial charge on any atom is 0.0517 e. The third-order valence-electron chi connectivity index (χ3n) is 3.49. The van der Waals surface area contributed by atoms with Gasteiger partial charge in [0.2, 0.25) is 0 Å². The fraction of sp³-hybridized carbons (Fsp3) is 0.500. The number of piperidine rings is 1. The number of fused-ring (bicyclic) bond motifs is 3. The van der Waals surface area contributed by atoms with Gasteiger partial charge in [0.15, 0.2) is 0 Å². The van der Waals surface area contributed by atoms with Crippen LogP contribution in [0.15, 0.2) is 23.1 Å². The van der Waals surface area contributed by atoms with Crippen LogP contribution in [0.2, 0.25) is 0 Å². The molecule has 1 aromatic carbocycles. The summed E-state index contributed by atoms with van der Waals surface area (Å²) in [5, 5.41) is 7.18. The fourth-order valence-corrected chi connectivity index (χ4v) is 3.32. The van der Waals surface area contributed by atoms with Crippen molar-refractivity contribution in [2.24, 2.45) is 0 Å². The first-order valence-corrected chi connectivity index (χ1v) is 6.77. The van der Waals surface area contributed by atoms with Crippen LogP contribution in [0, 0.1) is 0 Å². The van der Waals surface area contributed by atoms with Gasteiger partial charge in [0.05, 0.1) is 5.69 Å². The van der Waals surface area contributed by atoms with E-state index in [4.69, 9.17) is 0 Å². The van der Waals surface area contributed by atoms with Gasteiger partial charge in [0, 0.05) is 23.4 Å². The van der Waals surface area contributed by atoms with Crippen molar-refractivity contribution in [1.82, 2.24) is 5.32 Å². The van der Waals surface area contributed by atoms with Gasteiger partial charge in [0.1, 0.15) is 0 Å². The lowest BCUT2D eigenvalue weighted by Crippen LogP contribution is -2.38. The minimum absolute atomic E-state index is 0.662. The second-order valence-corrected chi connectivity index (χ2v) is 5.12. The molecular weight excluding hydrogens is 204 g/mol. The molecule has 1 aromatic rings. The van der Waals surface area contributed by atoms with Crippen molar-refractivity contribution in [2.45, 2.75) is 23.3 Å². The van der Waals surface area contributed by atoms with Crippen LogP contribution in [0.25, 0.3) is 0 Å². The molecule has 0 spiro atoms.